The first kappa shape index (κ1) is 32.9. The van der Waals surface area contributed by atoms with Crippen LogP contribution in [0.15, 0.2) is 0 Å². The van der Waals surface area contributed by atoms with Gasteiger partial charge >= 0.3 is 0 Å². The number of nitrogens with zero attached hydrogens (tertiary/aromatic N) is 2. The van der Waals surface area contributed by atoms with Crippen LogP contribution in [-0.4, -0.2) is 50.1 Å². The van der Waals surface area contributed by atoms with Gasteiger partial charge in [-0.15, -0.1) is 0 Å². The molecule has 0 radical (unpaired) electrons. The van der Waals surface area contributed by atoms with Crippen LogP contribution in [0.4, 0.5) is 0 Å². The maximum atomic E-state index is 2.41. The fourth-order valence-electron chi connectivity index (χ4n) is 7.12. The molecular weight excluding hydrogens is 424 g/mol. The van der Waals surface area contributed by atoms with Crippen molar-refractivity contribution in [2.24, 2.45) is 47.3 Å². The lowest BCUT2D eigenvalue weighted by atomic mass is 9.72. The van der Waals surface area contributed by atoms with Crippen LogP contribution >= 0.6 is 0 Å². The van der Waals surface area contributed by atoms with E-state index in [9.17, 15) is 0 Å². The maximum Gasteiger partial charge on any atom is 0.00893 e. The minimum Gasteiger partial charge on any atom is -0.306 e. The molecule has 3 aliphatic rings. The van der Waals surface area contributed by atoms with Gasteiger partial charge in [0.1, 0.15) is 0 Å². The second kappa shape index (κ2) is 16.7. The normalized spacial score (nSPS) is 34.0. The van der Waals surface area contributed by atoms with Crippen molar-refractivity contribution in [1.29, 1.82) is 0 Å². The molecule has 0 saturated heterocycles. The quantitative estimate of drug-likeness (QED) is 0.377. The Morgan fingerprint density at radius 3 is 0.943 bits per heavy atom. The summed E-state index contributed by atoms with van der Waals surface area (Å²) in [6.45, 7) is 19.0. The summed E-state index contributed by atoms with van der Waals surface area (Å²) in [5.74, 6) is 7.66. The van der Waals surface area contributed by atoms with Crippen LogP contribution in [0.25, 0.3) is 0 Å². The maximum absolute atomic E-state index is 2.41. The van der Waals surface area contributed by atoms with Crippen molar-refractivity contribution in [3.05, 3.63) is 0 Å². The SMILES string of the molecule is CC(C)C1CCC(N(C)C)CC1.CC(C)C1CCC(N(C)C)CC1.CC1CC(C)CC(C(C)C)C1. The van der Waals surface area contributed by atoms with Gasteiger partial charge in [-0.2, -0.15) is 0 Å². The van der Waals surface area contributed by atoms with Crippen molar-refractivity contribution >= 4 is 0 Å². The monoisotopic (exact) mass is 493 g/mol. The summed E-state index contributed by atoms with van der Waals surface area (Å²) in [6, 6.07) is 1.72. The number of hydrogen-bond acceptors (Lipinski definition) is 2. The van der Waals surface area contributed by atoms with Crippen molar-refractivity contribution in [2.45, 2.75) is 138 Å². The van der Waals surface area contributed by atoms with Gasteiger partial charge in [0.2, 0.25) is 0 Å². The largest absolute Gasteiger partial charge is 0.306 e. The summed E-state index contributed by atoms with van der Waals surface area (Å²) in [6.07, 6.45) is 15.8. The van der Waals surface area contributed by atoms with Gasteiger partial charge in [0.05, 0.1) is 0 Å². The minimum atomic E-state index is 0.861. The van der Waals surface area contributed by atoms with Crippen LogP contribution in [0.2, 0.25) is 0 Å². The molecule has 3 aliphatic carbocycles. The molecule has 0 aromatic heterocycles. The van der Waals surface area contributed by atoms with E-state index in [0.717, 1.165) is 59.4 Å². The summed E-state index contributed by atoms with van der Waals surface area (Å²) >= 11 is 0. The van der Waals surface area contributed by atoms with Crippen LogP contribution in [0.1, 0.15) is 126 Å². The first-order valence-corrected chi connectivity index (χ1v) is 15.6. The van der Waals surface area contributed by atoms with Gasteiger partial charge in [-0.05, 0) is 146 Å². The van der Waals surface area contributed by atoms with Gasteiger partial charge in [-0.1, -0.05) is 55.4 Å². The van der Waals surface area contributed by atoms with Crippen LogP contribution in [0.5, 0.6) is 0 Å². The van der Waals surface area contributed by atoms with Crippen LogP contribution in [-0.2, 0) is 0 Å². The molecule has 3 saturated carbocycles. The molecule has 0 heterocycles. The van der Waals surface area contributed by atoms with E-state index in [1.165, 1.54) is 70.6 Å². The van der Waals surface area contributed by atoms with Gasteiger partial charge in [0.15, 0.2) is 0 Å². The first-order valence-electron chi connectivity index (χ1n) is 15.6. The molecule has 2 atom stereocenters. The zero-order valence-corrected chi connectivity index (χ0v) is 26.4. The highest BCUT2D eigenvalue weighted by atomic mass is 15.1. The highest BCUT2D eigenvalue weighted by Crippen LogP contribution is 2.36. The molecule has 0 aromatic rings. The molecular formula is C33H68N2. The van der Waals surface area contributed by atoms with Crippen molar-refractivity contribution in [2.75, 3.05) is 28.2 Å². The van der Waals surface area contributed by atoms with E-state index < -0.39 is 0 Å². The lowest BCUT2D eigenvalue weighted by molar-refractivity contribution is 0.169. The van der Waals surface area contributed by atoms with Crippen LogP contribution < -0.4 is 0 Å². The van der Waals surface area contributed by atoms with Gasteiger partial charge in [-0.25, -0.2) is 0 Å². The zero-order chi connectivity index (χ0) is 26.7. The summed E-state index contributed by atoms with van der Waals surface area (Å²) in [5, 5.41) is 0. The second-order valence-corrected chi connectivity index (χ2v) is 14.5. The van der Waals surface area contributed by atoms with Crippen molar-refractivity contribution in [1.82, 2.24) is 9.80 Å². The van der Waals surface area contributed by atoms with Crippen molar-refractivity contribution < 1.29 is 0 Å². The Labute approximate surface area is 223 Å². The first-order chi connectivity index (χ1) is 16.3. The fourth-order valence-corrected chi connectivity index (χ4v) is 7.12. The minimum absolute atomic E-state index is 0.861. The van der Waals surface area contributed by atoms with Crippen molar-refractivity contribution in [3.63, 3.8) is 0 Å². The van der Waals surface area contributed by atoms with E-state index in [4.69, 9.17) is 0 Å². The molecule has 35 heavy (non-hydrogen) atoms. The summed E-state index contributed by atoms with van der Waals surface area (Å²) in [7, 11) is 8.83. The molecule has 3 rings (SSSR count). The van der Waals surface area contributed by atoms with E-state index >= 15 is 0 Å². The molecule has 2 heteroatoms. The second-order valence-electron chi connectivity index (χ2n) is 14.5. The third-order valence-corrected chi connectivity index (χ3v) is 9.99. The Kier molecular flexibility index (Phi) is 15.7. The average Bonchev–Trinajstić information content (AvgIpc) is 2.79. The topological polar surface area (TPSA) is 6.48 Å². The summed E-state index contributed by atoms with van der Waals surface area (Å²) < 4.78 is 0. The van der Waals surface area contributed by atoms with Crippen LogP contribution in [0, 0.1) is 47.3 Å². The standard InChI is InChI=1S/2C11H23N.C11H22/c2*1-9(2)10-5-7-11(8-6-10)12(3)4;1-8(2)11-6-9(3)5-10(4)7-11/h2*9-11H,5-8H2,1-4H3;8-11H,5-7H2,1-4H3. The Morgan fingerprint density at radius 2 is 0.714 bits per heavy atom. The molecule has 2 nitrogen and oxygen atoms in total. The lowest BCUT2D eigenvalue weighted by Crippen LogP contribution is -2.33. The van der Waals surface area contributed by atoms with E-state index in [1.807, 2.05) is 0 Å². The lowest BCUT2D eigenvalue weighted by Gasteiger charge is -2.34. The molecule has 0 spiro atoms. The average molecular weight is 493 g/mol. The fraction of sp³-hybridized carbons (Fsp3) is 1.00. The Balaban J connectivity index is 0.000000263. The van der Waals surface area contributed by atoms with Gasteiger partial charge in [-0.3, -0.25) is 0 Å². The van der Waals surface area contributed by atoms with Gasteiger partial charge < -0.3 is 9.80 Å². The van der Waals surface area contributed by atoms with E-state index in [0.29, 0.717) is 0 Å². The zero-order valence-electron chi connectivity index (χ0n) is 26.4. The Hall–Kier alpha value is -0.0800. The molecule has 0 aromatic carbocycles. The molecule has 0 N–H and O–H groups in total. The van der Waals surface area contributed by atoms with Crippen LogP contribution in [0.3, 0.4) is 0 Å². The predicted octanol–water partition coefficient (Wildman–Crippen LogP) is 9.24. The highest BCUT2D eigenvalue weighted by Gasteiger charge is 2.26. The molecule has 0 amide bonds. The van der Waals surface area contributed by atoms with Gasteiger partial charge in [0, 0.05) is 12.1 Å². The van der Waals surface area contributed by atoms with E-state index in [2.05, 4.69) is 93.4 Å². The van der Waals surface area contributed by atoms with Gasteiger partial charge in [0.25, 0.3) is 0 Å². The molecule has 210 valence electrons. The molecule has 3 fully saturated rings. The number of rotatable bonds is 5. The number of hydrogen-bond donors (Lipinski definition) is 0. The predicted molar refractivity (Wildman–Crippen MR) is 159 cm³/mol. The van der Waals surface area contributed by atoms with Crippen molar-refractivity contribution in [3.8, 4) is 0 Å². The molecule has 0 aliphatic heterocycles. The summed E-state index contributed by atoms with van der Waals surface area (Å²) in [5.41, 5.74) is 0. The molecule has 0 bridgehead atoms. The third-order valence-electron chi connectivity index (χ3n) is 9.99. The summed E-state index contributed by atoms with van der Waals surface area (Å²) in [4.78, 5) is 4.77. The smallest absolute Gasteiger partial charge is 0.00893 e. The van der Waals surface area contributed by atoms with E-state index in [-0.39, 0.29) is 0 Å². The van der Waals surface area contributed by atoms with E-state index in [1.54, 1.807) is 0 Å². The Bertz CT molecular complexity index is 433. The highest BCUT2D eigenvalue weighted by molar-refractivity contribution is 4.79. The Morgan fingerprint density at radius 1 is 0.429 bits per heavy atom. The molecule has 2 unspecified atom stereocenters. The third kappa shape index (κ3) is 12.8.